The van der Waals surface area contributed by atoms with Crippen molar-refractivity contribution in [3.05, 3.63) is 65.0 Å². The summed E-state index contributed by atoms with van der Waals surface area (Å²) in [6.07, 6.45) is 1.03. The number of rotatable bonds is 4. The molecule has 0 unspecified atom stereocenters. The van der Waals surface area contributed by atoms with Crippen LogP contribution in [-0.4, -0.2) is 0 Å². The standard InChI is InChI=1S/C16H17FO/c1-3-13-5-7-14(8-6-13)11-18-15-9-4-12(2)16(17)10-15/h4-10H,3,11H2,1-2H3. The molecule has 0 saturated heterocycles. The largest absolute Gasteiger partial charge is 0.489 e. The van der Waals surface area contributed by atoms with Gasteiger partial charge in [0.15, 0.2) is 0 Å². The lowest BCUT2D eigenvalue weighted by molar-refractivity contribution is 0.304. The molecule has 2 aromatic rings. The van der Waals surface area contributed by atoms with E-state index in [1.54, 1.807) is 19.1 Å². The topological polar surface area (TPSA) is 9.23 Å². The molecule has 1 nitrogen and oxygen atoms in total. The van der Waals surface area contributed by atoms with Crippen molar-refractivity contribution < 1.29 is 9.13 Å². The van der Waals surface area contributed by atoms with E-state index in [0.29, 0.717) is 17.9 Å². The lowest BCUT2D eigenvalue weighted by atomic mass is 10.1. The van der Waals surface area contributed by atoms with Crippen molar-refractivity contribution in [2.24, 2.45) is 0 Å². The molecule has 0 atom stereocenters. The number of aryl methyl sites for hydroxylation is 2. The molecule has 0 radical (unpaired) electrons. The Labute approximate surface area is 107 Å². The van der Waals surface area contributed by atoms with Crippen molar-refractivity contribution in [2.45, 2.75) is 26.9 Å². The van der Waals surface area contributed by atoms with Gasteiger partial charge in [0.1, 0.15) is 18.2 Å². The molecule has 0 bridgehead atoms. The van der Waals surface area contributed by atoms with Crippen molar-refractivity contribution in [2.75, 3.05) is 0 Å². The first-order chi connectivity index (χ1) is 8.69. The van der Waals surface area contributed by atoms with Gasteiger partial charge in [-0.25, -0.2) is 4.39 Å². The highest BCUT2D eigenvalue weighted by Gasteiger charge is 2.01. The molecule has 0 heterocycles. The molecule has 0 aliphatic heterocycles. The molecule has 0 aliphatic rings. The minimum absolute atomic E-state index is 0.228. The van der Waals surface area contributed by atoms with E-state index >= 15 is 0 Å². The van der Waals surface area contributed by atoms with Crippen LogP contribution in [0.5, 0.6) is 5.75 Å². The van der Waals surface area contributed by atoms with Crippen LogP contribution in [0, 0.1) is 12.7 Å². The van der Waals surface area contributed by atoms with Gasteiger partial charge in [-0.1, -0.05) is 37.3 Å². The summed E-state index contributed by atoms with van der Waals surface area (Å²) in [5.41, 5.74) is 3.03. The van der Waals surface area contributed by atoms with Gasteiger partial charge >= 0.3 is 0 Å². The van der Waals surface area contributed by atoms with Gasteiger partial charge in [0.25, 0.3) is 0 Å². The predicted octanol–water partition coefficient (Wildman–Crippen LogP) is 4.28. The minimum Gasteiger partial charge on any atom is -0.489 e. The Balaban J connectivity index is 1.99. The Hall–Kier alpha value is -1.83. The molecule has 2 heteroatoms. The van der Waals surface area contributed by atoms with E-state index in [4.69, 9.17) is 4.74 Å². The number of ether oxygens (including phenoxy) is 1. The second-order valence-corrected chi connectivity index (χ2v) is 4.37. The average Bonchev–Trinajstić information content (AvgIpc) is 2.41. The average molecular weight is 244 g/mol. The van der Waals surface area contributed by atoms with Crippen LogP contribution in [0.4, 0.5) is 4.39 Å². The maximum absolute atomic E-state index is 13.3. The van der Waals surface area contributed by atoms with Crippen LogP contribution in [-0.2, 0) is 13.0 Å². The van der Waals surface area contributed by atoms with Crippen LogP contribution < -0.4 is 4.74 Å². The lowest BCUT2D eigenvalue weighted by Crippen LogP contribution is -1.96. The molecule has 0 aliphatic carbocycles. The van der Waals surface area contributed by atoms with Gasteiger partial charge in [-0.3, -0.25) is 0 Å². The third-order valence-corrected chi connectivity index (χ3v) is 2.98. The summed E-state index contributed by atoms with van der Waals surface area (Å²) in [7, 11) is 0. The molecule has 0 amide bonds. The second-order valence-electron chi connectivity index (χ2n) is 4.37. The maximum atomic E-state index is 13.3. The van der Waals surface area contributed by atoms with Crippen molar-refractivity contribution >= 4 is 0 Å². The lowest BCUT2D eigenvalue weighted by Gasteiger charge is -2.07. The van der Waals surface area contributed by atoms with Crippen molar-refractivity contribution in [1.82, 2.24) is 0 Å². The second kappa shape index (κ2) is 5.67. The van der Waals surface area contributed by atoms with E-state index in [9.17, 15) is 4.39 Å². The van der Waals surface area contributed by atoms with Crippen LogP contribution in [0.25, 0.3) is 0 Å². The van der Waals surface area contributed by atoms with Crippen molar-refractivity contribution in [3.63, 3.8) is 0 Å². The normalized spacial score (nSPS) is 10.4. The molecular formula is C16H17FO. The van der Waals surface area contributed by atoms with Crippen LogP contribution in [0.15, 0.2) is 42.5 Å². The Morgan fingerprint density at radius 1 is 1.00 bits per heavy atom. The first kappa shape index (κ1) is 12.6. The summed E-state index contributed by atoms with van der Waals surface area (Å²) >= 11 is 0. The number of hydrogen-bond acceptors (Lipinski definition) is 1. The summed E-state index contributed by atoms with van der Waals surface area (Å²) in [5, 5.41) is 0. The third-order valence-electron chi connectivity index (χ3n) is 2.98. The highest BCUT2D eigenvalue weighted by atomic mass is 19.1. The maximum Gasteiger partial charge on any atom is 0.129 e. The van der Waals surface area contributed by atoms with Gasteiger partial charge in [-0.05, 0) is 36.1 Å². The van der Waals surface area contributed by atoms with Crippen LogP contribution in [0.3, 0.4) is 0 Å². The van der Waals surface area contributed by atoms with Crippen LogP contribution in [0.1, 0.15) is 23.6 Å². The Morgan fingerprint density at radius 3 is 2.28 bits per heavy atom. The fourth-order valence-corrected chi connectivity index (χ4v) is 1.70. The zero-order chi connectivity index (χ0) is 13.0. The van der Waals surface area contributed by atoms with Gasteiger partial charge in [0.2, 0.25) is 0 Å². The predicted molar refractivity (Wildman–Crippen MR) is 71.3 cm³/mol. The number of halogens is 1. The zero-order valence-electron chi connectivity index (χ0n) is 10.7. The summed E-state index contributed by atoms with van der Waals surface area (Å²) < 4.78 is 18.9. The summed E-state index contributed by atoms with van der Waals surface area (Å²) in [6.45, 7) is 4.33. The number of hydrogen-bond donors (Lipinski definition) is 0. The molecular weight excluding hydrogens is 227 g/mol. The first-order valence-corrected chi connectivity index (χ1v) is 6.16. The van der Waals surface area contributed by atoms with Gasteiger partial charge in [0, 0.05) is 6.07 Å². The Bertz CT molecular complexity index is 517. The van der Waals surface area contributed by atoms with Crippen molar-refractivity contribution in [3.8, 4) is 5.75 Å². The van der Waals surface area contributed by atoms with Crippen LogP contribution >= 0.6 is 0 Å². The van der Waals surface area contributed by atoms with E-state index < -0.39 is 0 Å². The molecule has 18 heavy (non-hydrogen) atoms. The summed E-state index contributed by atoms with van der Waals surface area (Å²) in [4.78, 5) is 0. The SMILES string of the molecule is CCc1ccc(COc2ccc(C)c(F)c2)cc1. The van der Waals surface area contributed by atoms with Crippen molar-refractivity contribution in [1.29, 1.82) is 0 Å². The quantitative estimate of drug-likeness (QED) is 0.780. The van der Waals surface area contributed by atoms with Gasteiger partial charge in [-0.2, -0.15) is 0 Å². The Morgan fingerprint density at radius 2 is 1.67 bits per heavy atom. The van der Waals surface area contributed by atoms with Crippen LogP contribution in [0.2, 0.25) is 0 Å². The first-order valence-electron chi connectivity index (χ1n) is 6.16. The molecule has 0 spiro atoms. The number of benzene rings is 2. The van der Waals surface area contributed by atoms with E-state index in [1.165, 1.54) is 11.6 Å². The highest BCUT2D eigenvalue weighted by molar-refractivity contribution is 5.29. The Kier molecular flexibility index (Phi) is 3.98. The molecule has 0 aromatic heterocycles. The smallest absolute Gasteiger partial charge is 0.129 e. The molecule has 0 N–H and O–H groups in total. The fraction of sp³-hybridized carbons (Fsp3) is 0.250. The van der Waals surface area contributed by atoms with E-state index in [1.807, 2.05) is 12.1 Å². The van der Waals surface area contributed by atoms with E-state index in [-0.39, 0.29) is 5.82 Å². The minimum atomic E-state index is -0.228. The zero-order valence-corrected chi connectivity index (χ0v) is 10.7. The van der Waals surface area contributed by atoms with Gasteiger partial charge < -0.3 is 4.74 Å². The molecule has 2 aromatic carbocycles. The molecule has 0 fully saturated rings. The monoisotopic (exact) mass is 244 g/mol. The highest BCUT2D eigenvalue weighted by Crippen LogP contribution is 2.17. The summed E-state index contributed by atoms with van der Waals surface area (Å²) in [6, 6.07) is 13.2. The third kappa shape index (κ3) is 3.10. The molecule has 94 valence electrons. The fourth-order valence-electron chi connectivity index (χ4n) is 1.70. The summed E-state index contributed by atoms with van der Waals surface area (Å²) in [5.74, 6) is 0.339. The molecule has 0 saturated carbocycles. The molecule has 2 rings (SSSR count). The van der Waals surface area contributed by atoms with Gasteiger partial charge in [-0.15, -0.1) is 0 Å². The van der Waals surface area contributed by atoms with E-state index in [2.05, 4.69) is 19.1 Å². The van der Waals surface area contributed by atoms with Gasteiger partial charge in [0.05, 0.1) is 0 Å². The van der Waals surface area contributed by atoms with E-state index in [0.717, 1.165) is 12.0 Å².